The molecular weight excluding hydrogens is 316 g/mol. The molecule has 1 saturated heterocycles. The largest absolute Gasteiger partial charge is 0.392 e. The molecule has 1 aliphatic heterocycles. The van der Waals surface area contributed by atoms with Crippen LogP contribution in [-0.4, -0.2) is 41.4 Å². The van der Waals surface area contributed by atoms with E-state index in [4.69, 9.17) is 9.47 Å². The van der Waals surface area contributed by atoms with Crippen molar-refractivity contribution in [1.82, 2.24) is 0 Å². The highest BCUT2D eigenvalue weighted by Gasteiger charge is 2.69. The number of aliphatic hydroxyl groups is 2. The van der Waals surface area contributed by atoms with Crippen LogP contribution in [-0.2, 0) is 9.47 Å². The Bertz CT molecular complexity index is 538. The molecule has 3 aliphatic carbocycles. The molecule has 0 amide bonds. The van der Waals surface area contributed by atoms with Crippen molar-refractivity contribution in [3.05, 3.63) is 0 Å². The van der Waals surface area contributed by atoms with Crippen molar-refractivity contribution in [2.75, 3.05) is 13.2 Å². The fraction of sp³-hybridized carbons (Fsp3) is 0.905. The first-order valence-corrected chi connectivity index (χ1v) is 10.2. The van der Waals surface area contributed by atoms with Gasteiger partial charge in [-0.3, -0.25) is 0 Å². The SMILES string of the molecule is C[C@@]12CC[C@H](O)[C@@H](C#C[C@@H](O)CC3CCCCC3)[C@@H]1CC21OCCO1. The maximum Gasteiger partial charge on any atom is 0.174 e. The maximum atomic E-state index is 10.5. The van der Waals surface area contributed by atoms with Gasteiger partial charge in [0.25, 0.3) is 0 Å². The van der Waals surface area contributed by atoms with Crippen molar-refractivity contribution in [1.29, 1.82) is 0 Å². The molecule has 25 heavy (non-hydrogen) atoms. The van der Waals surface area contributed by atoms with E-state index < -0.39 is 18.0 Å². The molecule has 4 nitrogen and oxygen atoms in total. The third-order valence-corrected chi connectivity index (χ3v) is 7.44. The van der Waals surface area contributed by atoms with Gasteiger partial charge in [-0.05, 0) is 31.1 Å². The van der Waals surface area contributed by atoms with E-state index in [0.29, 0.717) is 25.0 Å². The summed E-state index contributed by atoms with van der Waals surface area (Å²) in [7, 11) is 0. The molecule has 0 unspecified atom stereocenters. The van der Waals surface area contributed by atoms with Crippen molar-refractivity contribution in [2.45, 2.75) is 82.7 Å². The van der Waals surface area contributed by atoms with Crippen molar-refractivity contribution in [3.8, 4) is 11.8 Å². The van der Waals surface area contributed by atoms with E-state index in [2.05, 4.69) is 18.8 Å². The monoisotopic (exact) mass is 348 g/mol. The van der Waals surface area contributed by atoms with Gasteiger partial charge in [-0.1, -0.05) is 50.9 Å². The zero-order valence-electron chi connectivity index (χ0n) is 15.4. The molecule has 0 radical (unpaired) electrons. The molecule has 140 valence electrons. The molecular formula is C21H32O4. The topological polar surface area (TPSA) is 58.9 Å². The lowest BCUT2D eigenvalue weighted by Gasteiger charge is -2.64. The van der Waals surface area contributed by atoms with Crippen LogP contribution in [0.15, 0.2) is 0 Å². The number of rotatable bonds is 2. The van der Waals surface area contributed by atoms with E-state index in [1.165, 1.54) is 32.1 Å². The molecule has 0 aromatic carbocycles. The molecule has 1 spiro atoms. The smallest absolute Gasteiger partial charge is 0.174 e. The summed E-state index contributed by atoms with van der Waals surface area (Å²) in [6, 6.07) is 0. The number of hydrogen-bond acceptors (Lipinski definition) is 4. The Morgan fingerprint density at radius 2 is 1.84 bits per heavy atom. The summed E-state index contributed by atoms with van der Waals surface area (Å²) in [6.45, 7) is 3.56. The van der Waals surface area contributed by atoms with Crippen LogP contribution in [0.3, 0.4) is 0 Å². The first kappa shape index (κ1) is 17.8. The van der Waals surface area contributed by atoms with E-state index in [1.54, 1.807) is 0 Å². The molecule has 4 heteroatoms. The van der Waals surface area contributed by atoms with Crippen LogP contribution in [0.2, 0.25) is 0 Å². The van der Waals surface area contributed by atoms with Gasteiger partial charge in [0.1, 0.15) is 6.10 Å². The maximum absolute atomic E-state index is 10.5. The minimum atomic E-state index is -0.559. The summed E-state index contributed by atoms with van der Waals surface area (Å²) in [5.74, 6) is 6.73. The summed E-state index contributed by atoms with van der Waals surface area (Å²) in [4.78, 5) is 0. The molecule has 3 saturated carbocycles. The van der Waals surface area contributed by atoms with E-state index in [-0.39, 0.29) is 11.3 Å². The van der Waals surface area contributed by atoms with Crippen molar-refractivity contribution < 1.29 is 19.7 Å². The third kappa shape index (κ3) is 3.04. The Kier molecular flexibility index (Phi) is 4.88. The average Bonchev–Trinajstić information content (AvgIpc) is 3.11. The summed E-state index contributed by atoms with van der Waals surface area (Å²) in [6.07, 6.45) is 8.66. The lowest BCUT2D eigenvalue weighted by atomic mass is 9.47. The minimum absolute atomic E-state index is 0.0591. The Balaban J connectivity index is 1.41. The van der Waals surface area contributed by atoms with Gasteiger partial charge in [0.15, 0.2) is 5.79 Å². The van der Waals surface area contributed by atoms with Crippen LogP contribution in [0.4, 0.5) is 0 Å². The van der Waals surface area contributed by atoms with Crippen LogP contribution in [0, 0.1) is 35.0 Å². The third-order valence-electron chi connectivity index (χ3n) is 7.44. The fourth-order valence-electron chi connectivity index (χ4n) is 5.78. The van der Waals surface area contributed by atoms with Gasteiger partial charge in [-0.15, -0.1) is 0 Å². The number of fused-ring (bicyclic) bond motifs is 2. The van der Waals surface area contributed by atoms with Crippen LogP contribution in [0.5, 0.6) is 0 Å². The van der Waals surface area contributed by atoms with E-state index in [1.807, 2.05) is 0 Å². The Labute approximate surface area is 151 Å². The molecule has 0 aromatic rings. The van der Waals surface area contributed by atoms with Gasteiger partial charge in [0, 0.05) is 11.8 Å². The average molecular weight is 348 g/mol. The first-order chi connectivity index (χ1) is 12.0. The molecule has 4 fully saturated rings. The van der Waals surface area contributed by atoms with Gasteiger partial charge < -0.3 is 19.7 Å². The molecule has 4 rings (SSSR count). The second-order valence-electron chi connectivity index (χ2n) is 8.85. The predicted octanol–water partition coefficient (Wildman–Crippen LogP) is 2.86. The van der Waals surface area contributed by atoms with Crippen LogP contribution in [0.1, 0.15) is 64.7 Å². The predicted molar refractivity (Wildman–Crippen MR) is 94.6 cm³/mol. The molecule has 1 heterocycles. The van der Waals surface area contributed by atoms with Crippen molar-refractivity contribution in [2.24, 2.45) is 23.2 Å². The second-order valence-corrected chi connectivity index (χ2v) is 8.85. The van der Waals surface area contributed by atoms with E-state index >= 15 is 0 Å². The fourth-order valence-corrected chi connectivity index (χ4v) is 5.78. The van der Waals surface area contributed by atoms with Gasteiger partial charge in [-0.2, -0.15) is 0 Å². The number of ether oxygens (including phenoxy) is 2. The van der Waals surface area contributed by atoms with E-state index in [0.717, 1.165) is 25.7 Å². The summed E-state index contributed by atoms with van der Waals surface area (Å²) >= 11 is 0. The molecule has 5 atom stereocenters. The highest BCUT2D eigenvalue weighted by atomic mass is 16.7. The van der Waals surface area contributed by atoms with Crippen LogP contribution >= 0.6 is 0 Å². The van der Waals surface area contributed by atoms with Gasteiger partial charge in [-0.25, -0.2) is 0 Å². The van der Waals surface area contributed by atoms with Crippen LogP contribution < -0.4 is 0 Å². The Morgan fingerprint density at radius 1 is 1.12 bits per heavy atom. The summed E-state index contributed by atoms with van der Waals surface area (Å²) in [5.41, 5.74) is -0.0591. The van der Waals surface area contributed by atoms with Crippen LogP contribution in [0.25, 0.3) is 0 Å². The number of aliphatic hydroxyl groups excluding tert-OH is 2. The minimum Gasteiger partial charge on any atom is -0.392 e. The van der Waals surface area contributed by atoms with Gasteiger partial charge in [0.05, 0.1) is 25.2 Å². The molecule has 0 bridgehead atoms. The standard InChI is InChI=1S/C21H32O4/c1-20-10-9-19(23)17(18(20)14-21(20)24-11-12-25-21)8-7-16(22)13-15-5-3-2-4-6-15/h15-19,22-23H,2-6,9-14H2,1H3/t16-,17+,18+,19+,20-/m1/s1. The van der Waals surface area contributed by atoms with Gasteiger partial charge in [0.2, 0.25) is 0 Å². The second kappa shape index (κ2) is 6.85. The summed E-state index contributed by atoms with van der Waals surface area (Å²) < 4.78 is 11.9. The highest BCUT2D eigenvalue weighted by molar-refractivity contribution is 5.21. The van der Waals surface area contributed by atoms with Crippen molar-refractivity contribution >= 4 is 0 Å². The Morgan fingerprint density at radius 3 is 2.56 bits per heavy atom. The normalized spacial score (nSPS) is 41.5. The quantitative estimate of drug-likeness (QED) is 0.754. The highest BCUT2D eigenvalue weighted by Crippen LogP contribution is 2.66. The van der Waals surface area contributed by atoms with Crippen molar-refractivity contribution in [3.63, 3.8) is 0 Å². The van der Waals surface area contributed by atoms with E-state index in [9.17, 15) is 10.2 Å². The molecule has 4 aliphatic rings. The molecule has 0 aromatic heterocycles. The molecule has 2 N–H and O–H groups in total. The Hall–Kier alpha value is -0.600. The zero-order chi connectivity index (χ0) is 17.5. The lowest BCUT2D eigenvalue weighted by Crippen LogP contribution is -2.67. The van der Waals surface area contributed by atoms with Gasteiger partial charge >= 0.3 is 0 Å². The number of hydrogen-bond donors (Lipinski definition) is 2. The zero-order valence-corrected chi connectivity index (χ0v) is 15.4. The summed E-state index contributed by atoms with van der Waals surface area (Å²) in [5, 5.41) is 20.9. The first-order valence-electron chi connectivity index (χ1n) is 10.2. The lowest BCUT2D eigenvalue weighted by molar-refractivity contribution is -0.344.